The van der Waals surface area contributed by atoms with Gasteiger partial charge in [0.15, 0.2) is 11.5 Å². The van der Waals surface area contributed by atoms with Crippen molar-refractivity contribution in [1.29, 1.82) is 0 Å². The average molecular weight is 409 g/mol. The Hall–Kier alpha value is -3.35. The third-order valence-electron chi connectivity index (χ3n) is 4.60. The molecule has 1 N–H and O–H groups in total. The molecule has 158 valence electrons. The number of nitrogens with zero attached hydrogens (tertiary/aromatic N) is 2. The molecule has 0 radical (unpaired) electrons. The molecule has 30 heavy (non-hydrogen) atoms. The Morgan fingerprint density at radius 1 is 1.07 bits per heavy atom. The Balaban J connectivity index is 1.56. The number of carbonyl (C=O) groups is 2. The maximum absolute atomic E-state index is 12.4. The lowest BCUT2D eigenvalue weighted by atomic mass is 10.1. The van der Waals surface area contributed by atoms with Crippen molar-refractivity contribution in [2.75, 3.05) is 24.8 Å². The normalized spacial score (nSPS) is 13.2. The fourth-order valence-corrected chi connectivity index (χ4v) is 3.18. The van der Waals surface area contributed by atoms with Gasteiger partial charge in [-0.25, -0.2) is 5.01 Å². The Kier molecular flexibility index (Phi) is 7.06. The van der Waals surface area contributed by atoms with Crippen molar-refractivity contribution in [3.8, 4) is 11.5 Å². The summed E-state index contributed by atoms with van der Waals surface area (Å²) in [4.78, 5) is 24.3. The number of carbonyl (C=O) groups excluding carboxylic acids is 2. The van der Waals surface area contributed by atoms with Gasteiger partial charge in [-0.05, 0) is 69.2 Å². The Bertz CT molecular complexity index is 938. The van der Waals surface area contributed by atoms with Crippen LogP contribution < -0.4 is 19.8 Å². The van der Waals surface area contributed by atoms with Crippen molar-refractivity contribution < 1.29 is 19.1 Å². The van der Waals surface area contributed by atoms with Crippen molar-refractivity contribution in [3.05, 3.63) is 53.6 Å². The second-order valence-electron chi connectivity index (χ2n) is 6.92. The molecule has 2 amide bonds. The van der Waals surface area contributed by atoms with Gasteiger partial charge in [0.05, 0.1) is 25.3 Å². The van der Waals surface area contributed by atoms with Gasteiger partial charge in [-0.2, -0.15) is 5.10 Å². The van der Waals surface area contributed by atoms with Crippen molar-refractivity contribution in [2.24, 2.45) is 5.10 Å². The quantitative estimate of drug-likeness (QED) is 0.687. The Morgan fingerprint density at radius 3 is 2.40 bits per heavy atom. The molecule has 7 heteroatoms. The number of benzene rings is 2. The van der Waals surface area contributed by atoms with Gasteiger partial charge in [0.25, 0.3) is 11.8 Å². The molecule has 1 heterocycles. The lowest BCUT2D eigenvalue weighted by Crippen LogP contribution is -2.26. The van der Waals surface area contributed by atoms with Crippen LogP contribution in [0, 0.1) is 0 Å². The summed E-state index contributed by atoms with van der Waals surface area (Å²) in [6.07, 6.45) is 1.01. The molecule has 0 bridgehead atoms. The van der Waals surface area contributed by atoms with Crippen LogP contribution >= 0.6 is 0 Å². The lowest BCUT2D eigenvalue weighted by molar-refractivity contribution is -0.116. The Labute approximate surface area is 176 Å². The van der Waals surface area contributed by atoms with Crippen LogP contribution in [0.25, 0.3) is 0 Å². The minimum absolute atomic E-state index is 0.0634. The van der Waals surface area contributed by atoms with Crippen LogP contribution in [-0.4, -0.2) is 37.3 Å². The predicted molar refractivity (Wildman–Crippen MR) is 116 cm³/mol. The molecule has 0 spiro atoms. The zero-order valence-electron chi connectivity index (χ0n) is 17.6. The highest BCUT2D eigenvalue weighted by atomic mass is 16.5. The topological polar surface area (TPSA) is 80.2 Å². The monoisotopic (exact) mass is 409 g/mol. The highest BCUT2D eigenvalue weighted by Gasteiger charge is 2.22. The smallest absolute Gasteiger partial charge is 0.253 e. The van der Waals surface area contributed by atoms with E-state index in [-0.39, 0.29) is 11.8 Å². The first-order chi connectivity index (χ1) is 14.5. The molecular formula is C23H27N3O4. The van der Waals surface area contributed by atoms with Crippen molar-refractivity contribution in [2.45, 2.75) is 33.6 Å². The molecule has 0 saturated heterocycles. The number of anilines is 1. The van der Waals surface area contributed by atoms with Crippen molar-refractivity contribution in [3.63, 3.8) is 0 Å². The number of ether oxygens (including phenoxy) is 2. The highest BCUT2D eigenvalue weighted by Crippen LogP contribution is 2.28. The van der Waals surface area contributed by atoms with Crippen LogP contribution in [-0.2, 0) is 11.2 Å². The molecule has 0 aromatic heterocycles. The summed E-state index contributed by atoms with van der Waals surface area (Å²) in [5.74, 6) is 1.22. The van der Waals surface area contributed by atoms with E-state index >= 15 is 0 Å². The van der Waals surface area contributed by atoms with E-state index in [0.29, 0.717) is 49.6 Å². The Morgan fingerprint density at radius 2 is 1.77 bits per heavy atom. The SMILES string of the molecule is CCOc1ccc(CCNC(=O)c2ccc(N3N=C(C)CC3=O)cc2)cc1OCC. The first kappa shape index (κ1) is 21.4. The molecule has 3 rings (SSSR count). The van der Waals surface area contributed by atoms with Gasteiger partial charge in [0.2, 0.25) is 0 Å². The number of hydrogen-bond acceptors (Lipinski definition) is 5. The van der Waals surface area contributed by atoms with Crippen LogP contribution in [0.1, 0.15) is 43.1 Å². The minimum atomic E-state index is -0.162. The van der Waals surface area contributed by atoms with E-state index in [1.54, 1.807) is 24.3 Å². The summed E-state index contributed by atoms with van der Waals surface area (Å²) in [6.45, 7) is 7.32. The molecule has 0 atom stereocenters. The number of hydrazone groups is 1. The number of hydrogen-bond donors (Lipinski definition) is 1. The first-order valence-electron chi connectivity index (χ1n) is 10.2. The maximum Gasteiger partial charge on any atom is 0.253 e. The molecule has 2 aromatic carbocycles. The van der Waals surface area contributed by atoms with Gasteiger partial charge < -0.3 is 14.8 Å². The fraction of sp³-hybridized carbons (Fsp3) is 0.348. The van der Waals surface area contributed by atoms with Gasteiger partial charge in [-0.1, -0.05) is 6.07 Å². The second kappa shape index (κ2) is 9.91. The maximum atomic E-state index is 12.4. The van der Waals surface area contributed by atoms with Gasteiger partial charge in [-0.3, -0.25) is 9.59 Å². The molecule has 1 aliphatic heterocycles. The molecule has 1 aliphatic rings. The van der Waals surface area contributed by atoms with Gasteiger partial charge in [0, 0.05) is 17.8 Å². The third kappa shape index (κ3) is 5.17. The second-order valence-corrected chi connectivity index (χ2v) is 6.92. The number of nitrogens with one attached hydrogen (secondary N) is 1. The van der Waals surface area contributed by atoms with E-state index in [9.17, 15) is 9.59 Å². The van der Waals surface area contributed by atoms with E-state index in [2.05, 4.69) is 10.4 Å². The van der Waals surface area contributed by atoms with Crippen molar-refractivity contribution >= 4 is 23.2 Å². The van der Waals surface area contributed by atoms with Crippen LogP contribution in [0.15, 0.2) is 47.6 Å². The minimum Gasteiger partial charge on any atom is -0.490 e. The fourth-order valence-electron chi connectivity index (χ4n) is 3.18. The molecule has 7 nitrogen and oxygen atoms in total. The van der Waals surface area contributed by atoms with Crippen LogP contribution in [0.4, 0.5) is 5.69 Å². The molecule has 0 saturated carbocycles. The van der Waals surface area contributed by atoms with Crippen LogP contribution in [0.3, 0.4) is 0 Å². The summed E-state index contributed by atoms with van der Waals surface area (Å²) in [5, 5.41) is 8.51. The van der Waals surface area contributed by atoms with E-state index in [4.69, 9.17) is 9.47 Å². The third-order valence-corrected chi connectivity index (χ3v) is 4.60. The number of amides is 2. The van der Waals surface area contributed by atoms with Crippen LogP contribution in [0.2, 0.25) is 0 Å². The van der Waals surface area contributed by atoms with E-state index in [1.165, 1.54) is 5.01 Å². The summed E-state index contributed by atoms with van der Waals surface area (Å²) < 4.78 is 11.2. The largest absolute Gasteiger partial charge is 0.490 e. The van der Waals surface area contributed by atoms with Crippen LogP contribution in [0.5, 0.6) is 11.5 Å². The first-order valence-corrected chi connectivity index (χ1v) is 10.2. The summed E-state index contributed by atoms with van der Waals surface area (Å²) in [5.41, 5.74) is 3.03. The zero-order chi connectivity index (χ0) is 21.5. The summed E-state index contributed by atoms with van der Waals surface area (Å²) in [6, 6.07) is 12.7. The summed E-state index contributed by atoms with van der Waals surface area (Å²) >= 11 is 0. The van der Waals surface area contributed by atoms with Gasteiger partial charge in [0.1, 0.15) is 0 Å². The molecule has 0 fully saturated rings. The van der Waals surface area contributed by atoms with E-state index < -0.39 is 0 Å². The lowest BCUT2D eigenvalue weighted by Gasteiger charge is -2.13. The molecule has 0 unspecified atom stereocenters. The van der Waals surface area contributed by atoms with E-state index in [1.807, 2.05) is 39.0 Å². The molecular weight excluding hydrogens is 382 g/mol. The standard InChI is InChI=1S/C23H27N3O4/c1-4-29-20-11-6-17(15-21(20)30-5-2)12-13-24-23(28)18-7-9-19(10-8-18)26-22(27)14-16(3)25-26/h6-11,15H,4-5,12-14H2,1-3H3,(H,24,28). The molecule has 2 aromatic rings. The van der Waals surface area contributed by atoms with Crippen molar-refractivity contribution in [1.82, 2.24) is 5.32 Å². The molecule has 0 aliphatic carbocycles. The average Bonchev–Trinajstić information content (AvgIpc) is 3.08. The highest BCUT2D eigenvalue weighted by molar-refractivity contribution is 6.12. The van der Waals surface area contributed by atoms with Gasteiger partial charge >= 0.3 is 0 Å². The zero-order valence-corrected chi connectivity index (χ0v) is 17.6. The number of rotatable bonds is 9. The predicted octanol–water partition coefficient (Wildman–Crippen LogP) is 3.57. The van der Waals surface area contributed by atoms with Gasteiger partial charge in [-0.15, -0.1) is 0 Å². The summed E-state index contributed by atoms with van der Waals surface area (Å²) in [7, 11) is 0. The van der Waals surface area contributed by atoms with E-state index in [0.717, 1.165) is 17.0 Å².